The molecule has 0 unspecified atom stereocenters. The van der Waals surface area contributed by atoms with Gasteiger partial charge in [0.1, 0.15) is 0 Å². The predicted molar refractivity (Wildman–Crippen MR) is 80.4 cm³/mol. The van der Waals surface area contributed by atoms with E-state index in [9.17, 15) is 13.2 Å². The van der Waals surface area contributed by atoms with Gasteiger partial charge in [-0.1, -0.05) is 29.3 Å². The van der Waals surface area contributed by atoms with Crippen LogP contribution in [0.15, 0.2) is 47.4 Å². The van der Waals surface area contributed by atoms with Crippen molar-refractivity contribution in [3.63, 3.8) is 0 Å². The predicted octanol–water partition coefficient (Wildman–Crippen LogP) is 3.15. The first kappa shape index (κ1) is 15.3. The van der Waals surface area contributed by atoms with Gasteiger partial charge >= 0.3 is 5.97 Å². The van der Waals surface area contributed by atoms with Crippen LogP contribution >= 0.6 is 11.6 Å². The highest BCUT2D eigenvalue weighted by atomic mass is 35.5. The Bertz CT molecular complexity index is 785. The highest BCUT2D eigenvalue weighted by molar-refractivity contribution is 7.92. The number of benzene rings is 2. The Hall–Kier alpha value is -2.05. The molecule has 110 valence electrons. The number of hydrogen-bond acceptors (Lipinski definition) is 3. The molecule has 5 nitrogen and oxygen atoms in total. The number of aromatic carboxylic acids is 1. The van der Waals surface area contributed by atoms with E-state index in [2.05, 4.69) is 4.72 Å². The average molecular weight is 326 g/mol. The molecule has 7 heteroatoms. The fourth-order valence-corrected chi connectivity index (χ4v) is 2.95. The van der Waals surface area contributed by atoms with Gasteiger partial charge in [0.2, 0.25) is 0 Å². The largest absolute Gasteiger partial charge is 0.478 e. The molecule has 0 heterocycles. The second-order valence-electron chi connectivity index (χ2n) is 4.42. The number of hydrogen-bond donors (Lipinski definition) is 2. The van der Waals surface area contributed by atoms with Gasteiger partial charge in [0.05, 0.1) is 15.5 Å². The Kier molecular flexibility index (Phi) is 4.20. The van der Waals surface area contributed by atoms with E-state index in [1.54, 1.807) is 24.3 Å². The fourth-order valence-electron chi connectivity index (χ4n) is 1.67. The molecule has 2 aromatic carbocycles. The van der Waals surface area contributed by atoms with E-state index < -0.39 is 16.0 Å². The molecule has 21 heavy (non-hydrogen) atoms. The molecule has 0 spiro atoms. The number of anilines is 1. The Morgan fingerprint density at radius 2 is 1.76 bits per heavy atom. The summed E-state index contributed by atoms with van der Waals surface area (Å²) in [7, 11) is -3.87. The van der Waals surface area contributed by atoms with E-state index in [1.165, 1.54) is 12.1 Å². The minimum absolute atomic E-state index is 0.0169. The molecule has 0 aliphatic rings. The molecule has 0 saturated heterocycles. The van der Waals surface area contributed by atoms with Crippen molar-refractivity contribution < 1.29 is 18.3 Å². The number of halogens is 1. The first-order valence-electron chi connectivity index (χ1n) is 5.92. The topological polar surface area (TPSA) is 83.5 Å². The second-order valence-corrected chi connectivity index (χ2v) is 6.51. The van der Waals surface area contributed by atoms with Crippen LogP contribution in [0.3, 0.4) is 0 Å². The lowest BCUT2D eigenvalue weighted by Crippen LogP contribution is -2.14. The van der Waals surface area contributed by atoms with Crippen LogP contribution in [-0.2, 0) is 10.0 Å². The van der Waals surface area contributed by atoms with Crippen molar-refractivity contribution in [2.24, 2.45) is 0 Å². The number of carboxylic acids is 1. The quantitative estimate of drug-likeness (QED) is 0.904. The Morgan fingerprint density at radius 1 is 1.14 bits per heavy atom. The maximum atomic E-state index is 12.2. The summed E-state index contributed by atoms with van der Waals surface area (Å²) in [6, 6.07) is 10.3. The van der Waals surface area contributed by atoms with Crippen LogP contribution in [0.2, 0.25) is 5.02 Å². The van der Waals surface area contributed by atoms with Crippen molar-refractivity contribution in [1.82, 2.24) is 0 Å². The van der Waals surface area contributed by atoms with Gasteiger partial charge in [0.15, 0.2) is 0 Å². The normalized spacial score (nSPS) is 11.1. The Balaban J connectivity index is 2.38. The molecule has 0 amide bonds. The first-order valence-corrected chi connectivity index (χ1v) is 7.78. The molecule has 0 atom stereocenters. The zero-order valence-electron chi connectivity index (χ0n) is 11.0. The number of rotatable bonds is 4. The molecule has 0 fully saturated rings. The van der Waals surface area contributed by atoms with E-state index in [4.69, 9.17) is 16.7 Å². The zero-order valence-corrected chi connectivity index (χ0v) is 12.6. The lowest BCUT2D eigenvalue weighted by Gasteiger charge is -2.09. The van der Waals surface area contributed by atoms with Crippen molar-refractivity contribution >= 4 is 33.3 Å². The van der Waals surface area contributed by atoms with Crippen LogP contribution < -0.4 is 4.72 Å². The van der Waals surface area contributed by atoms with E-state index >= 15 is 0 Å². The maximum absolute atomic E-state index is 12.2. The van der Waals surface area contributed by atoms with Crippen LogP contribution in [-0.4, -0.2) is 19.5 Å². The molecule has 2 rings (SSSR count). The van der Waals surface area contributed by atoms with Gasteiger partial charge in [-0.3, -0.25) is 4.72 Å². The minimum atomic E-state index is -3.87. The molecule has 0 saturated carbocycles. The van der Waals surface area contributed by atoms with Crippen LogP contribution in [0.25, 0.3) is 0 Å². The van der Waals surface area contributed by atoms with E-state index in [1.807, 2.05) is 6.92 Å². The minimum Gasteiger partial charge on any atom is -0.478 e. The monoisotopic (exact) mass is 325 g/mol. The summed E-state index contributed by atoms with van der Waals surface area (Å²) in [5.41, 5.74) is 1.13. The summed E-state index contributed by atoms with van der Waals surface area (Å²) in [5.74, 6) is -1.28. The van der Waals surface area contributed by atoms with Gasteiger partial charge in [-0.15, -0.1) is 0 Å². The number of carbonyl (C=O) groups is 1. The second kappa shape index (κ2) is 5.75. The molecular weight excluding hydrogens is 314 g/mol. The third-order valence-corrected chi connectivity index (χ3v) is 4.49. The lowest BCUT2D eigenvalue weighted by atomic mass is 10.2. The van der Waals surface area contributed by atoms with Crippen molar-refractivity contribution in [3.8, 4) is 0 Å². The molecule has 0 aliphatic carbocycles. The third kappa shape index (κ3) is 3.53. The summed E-state index contributed by atoms with van der Waals surface area (Å²) >= 11 is 5.72. The van der Waals surface area contributed by atoms with Gasteiger partial charge in [-0.2, -0.15) is 0 Å². The molecular formula is C14H12ClNO4S. The van der Waals surface area contributed by atoms with Crippen molar-refractivity contribution in [1.29, 1.82) is 0 Å². The number of nitrogens with one attached hydrogen (secondary N) is 1. The lowest BCUT2D eigenvalue weighted by molar-refractivity contribution is 0.0697. The van der Waals surface area contributed by atoms with Crippen molar-refractivity contribution in [2.45, 2.75) is 11.8 Å². The van der Waals surface area contributed by atoms with Crippen LogP contribution in [0.1, 0.15) is 15.9 Å². The summed E-state index contributed by atoms with van der Waals surface area (Å²) in [5, 5.41) is 8.96. The van der Waals surface area contributed by atoms with Crippen molar-refractivity contribution in [3.05, 3.63) is 58.6 Å². The number of sulfonamides is 1. The van der Waals surface area contributed by atoms with Crippen molar-refractivity contribution in [2.75, 3.05) is 4.72 Å². The van der Waals surface area contributed by atoms with Gasteiger partial charge in [-0.25, -0.2) is 13.2 Å². The Labute approximate surface area is 127 Å². The van der Waals surface area contributed by atoms with Crippen LogP contribution in [0, 0.1) is 6.92 Å². The van der Waals surface area contributed by atoms with E-state index in [0.717, 1.165) is 11.6 Å². The van der Waals surface area contributed by atoms with Gasteiger partial charge in [0, 0.05) is 5.69 Å². The van der Waals surface area contributed by atoms with Gasteiger partial charge < -0.3 is 5.11 Å². The van der Waals surface area contributed by atoms with Gasteiger partial charge in [0.25, 0.3) is 10.0 Å². The average Bonchev–Trinajstić information content (AvgIpc) is 2.41. The maximum Gasteiger partial charge on any atom is 0.337 e. The standard InChI is InChI=1S/C14H12ClNO4S/c1-9-2-4-10(5-3-9)16-21(19,20)11-6-7-13(15)12(8-11)14(17)18/h2-8,16H,1H3,(H,17,18). The van der Waals surface area contributed by atoms with E-state index in [0.29, 0.717) is 5.69 Å². The SMILES string of the molecule is Cc1ccc(NS(=O)(=O)c2ccc(Cl)c(C(=O)O)c2)cc1. The molecule has 2 N–H and O–H groups in total. The first-order chi connectivity index (χ1) is 9.79. The molecule has 2 aromatic rings. The van der Waals surface area contributed by atoms with Gasteiger partial charge in [-0.05, 0) is 37.3 Å². The third-order valence-electron chi connectivity index (χ3n) is 2.78. The number of carboxylic acid groups (broad SMARTS) is 1. The smallest absolute Gasteiger partial charge is 0.337 e. The summed E-state index contributed by atoms with van der Waals surface area (Å²) in [4.78, 5) is 10.8. The van der Waals surface area contributed by atoms with Crippen LogP contribution in [0.5, 0.6) is 0 Å². The summed E-state index contributed by atoms with van der Waals surface area (Å²) in [6.45, 7) is 1.89. The Morgan fingerprint density at radius 3 is 2.33 bits per heavy atom. The highest BCUT2D eigenvalue weighted by Crippen LogP contribution is 2.22. The molecule has 0 radical (unpaired) electrons. The highest BCUT2D eigenvalue weighted by Gasteiger charge is 2.18. The number of aryl methyl sites for hydroxylation is 1. The molecule has 0 aromatic heterocycles. The molecule has 0 aliphatic heterocycles. The summed E-state index contributed by atoms with van der Waals surface area (Å²) < 4.78 is 26.8. The zero-order chi connectivity index (χ0) is 15.6. The van der Waals surface area contributed by atoms with Crippen LogP contribution in [0.4, 0.5) is 5.69 Å². The fraction of sp³-hybridized carbons (Fsp3) is 0.0714. The molecule has 0 bridgehead atoms. The summed E-state index contributed by atoms with van der Waals surface area (Å²) in [6.07, 6.45) is 0. The van der Waals surface area contributed by atoms with E-state index in [-0.39, 0.29) is 15.5 Å².